The largest absolute Gasteiger partial charge is 0.508 e. The number of phenolic OH excluding ortho intramolecular Hbond substituents is 1. The monoisotopic (exact) mass is 190 g/mol. The lowest BCUT2D eigenvalue weighted by Crippen LogP contribution is -2.00. The molecule has 1 rings (SSSR count). The molecule has 0 bridgehead atoms. The normalized spacial score (nSPS) is 9.43. The van der Waals surface area contributed by atoms with Crippen molar-refractivity contribution in [1.82, 2.24) is 0 Å². The molecule has 0 atom stereocenters. The summed E-state index contributed by atoms with van der Waals surface area (Å²) in [5, 5.41) is 18.1. The highest BCUT2D eigenvalue weighted by molar-refractivity contribution is 5.94. The van der Waals surface area contributed by atoms with E-state index in [1.165, 1.54) is 24.3 Å². The van der Waals surface area contributed by atoms with Gasteiger partial charge < -0.3 is 10.2 Å². The van der Waals surface area contributed by atoms with Crippen LogP contribution in [0.25, 0.3) is 12.2 Å². The van der Waals surface area contributed by atoms with Gasteiger partial charge >= 0.3 is 5.97 Å². The first-order chi connectivity index (χ1) is 6.60. The molecule has 0 spiro atoms. The second kappa shape index (κ2) is 3.79. The Hall–Kier alpha value is -2.03. The van der Waals surface area contributed by atoms with E-state index in [1.54, 1.807) is 0 Å². The van der Waals surface area contributed by atoms with Gasteiger partial charge in [0.2, 0.25) is 0 Å². The van der Waals surface area contributed by atoms with Gasteiger partial charge in [-0.05, 0) is 23.3 Å². The van der Waals surface area contributed by atoms with Gasteiger partial charge in [-0.3, -0.25) is 0 Å². The minimum atomic E-state index is -1.10. The van der Waals surface area contributed by atoms with Crippen LogP contribution in [0.3, 0.4) is 0 Å². The average Bonchev–Trinajstić information content (AvgIpc) is 2.16. The third kappa shape index (κ3) is 1.66. The fraction of sp³-hybridized carbons (Fsp3) is 0. The number of aromatic hydroxyl groups is 1. The summed E-state index contributed by atoms with van der Waals surface area (Å²) in [6.07, 6.45) is 2.91. The summed E-state index contributed by atoms with van der Waals surface area (Å²) in [5.41, 5.74) is 1.04. The number of hydrogen-bond donors (Lipinski definition) is 2. The molecule has 0 saturated carbocycles. The Bertz CT molecular complexity index is 405. The van der Waals surface area contributed by atoms with Gasteiger partial charge in [-0.25, -0.2) is 4.79 Å². The summed E-state index contributed by atoms with van der Waals surface area (Å²) in [5.74, 6) is -1.19. The standard InChI is InChI=1S/C11H10O3/c1-3-7-5-8(12)6-10(11(13)14)9(7)4-2/h3-6,12H,1-2H2,(H,13,14). The summed E-state index contributed by atoms with van der Waals surface area (Å²) < 4.78 is 0. The van der Waals surface area contributed by atoms with Crippen LogP contribution in [0.2, 0.25) is 0 Å². The molecule has 2 N–H and O–H groups in total. The Morgan fingerprint density at radius 3 is 2.36 bits per heavy atom. The highest BCUT2D eigenvalue weighted by atomic mass is 16.4. The van der Waals surface area contributed by atoms with Crippen LogP contribution in [-0.2, 0) is 0 Å². The van der Waals surface area contributed by atoms with Gasteiger partial charge in [0.25, 0.3) is 0 Å². The molecule has 14 heavy (non-hydrogen) atoms. The number of benzene rings is 1. The van der Waals surface area contributed by atoms with Crippen LogP contribution in [0.5, 0.6) is 5.75 Å². The molecule has 0 amide bonds. The zero-order valence-electron chi connectivity index (χ0n) is 7.53. The molecule has 0 aliphatic heterocycles. The van der Waals surface area contributed by atoms with Crippen LogP contribution in [0.1, 0.15) is 21.5 Å². The second-order valence-electron chi connectivity index (χ2n) is 2.71. The summed E-state index contributed by atoms with van der Waals surface area (Å²) in [6.45, 7) is 7.05. The van der Waals surface area contributed by atoms with Crippen LogP contribution in [-0.4, -0.2) is 16.2 Å². The predicted octanol–water partition coefficient (Wildman–Crippen LogP) is 2.38. The van der Waals surface area contributed by atoms with E-state index in [1.807, 2.05) is 0 Å². The number of carboxylic acids is 1. The lowest BCUT2D eigenvalue weighted by atomic mass is 10.0. The Morgan fingerprint density at radius 2 is 1.93 bits per heavy atom. The van der Waals surface area contributed by atoms with Gasteiger partial charge in [-0.2, -0.15) is 0 Å². The highest BCUT2D eigenvalue weighted by Gasteiger charge is 2.11. The van der Waals surface area contributed by atoms with E-state index >= 15 is 0 Å². The molecular formula is C11H10O3. The maximum Gasteiger partial charge on any atom is 0.336 e. The molecule has 0 heterocycles. The topological polar surface area (TPSA) is 57.5 Å². The van der Waals surface area contributed by atoms with Crippen molar-refractivity contribution in [2.75, 3.05) is 0 Å². The number of carbonyl (C=O) groups is 1. The van der Waals surface area contributed by atoms with Crippen molar-refractivity contribution >= 4 is 18.1 Å². The number of carboxylic acid groups (broad SMARTS) is 1. The van der Waals surface area contributed by atoms with E-state index < -0.39 is 5.97 Å². The maximum atomic E-state index is 10.8. The maximum absolute atomic E-state index is 10.8. The Morgan fingerprint density at radius 1 is 1.29 bits per heavy atom. The van der Waals surface area contributed by atoms with Crippen molar-refractivity contribution < 1.29 is 15.0 Å². The minimum Gasteiger partial charge on any atom is -0.508 e. The predicted molar refractivity (Wildman–Crippen MR) is 55.2 cm³/mol. The third-order valence-electron chi connectivity index (χ3n) is 1.85. The molecule has 0 aliphatic rings. The summed E-state index contributed by atoms with van der Waals surface area (Å²) in [4.78, 5) is 10.8. The van der Waals surface area contributed by atoms with Crippen LogP contribution < -0.4 is 0 Å². The molecule has 0 radical (unpaired) electrons. The number of rotatable bonds is 3. The van der Waals surface area contributed by atoms with Gasteiger partial charge in [0.05, 0.1) is 5.56 Å². The third-order valence-corrected chi connectivity index (χ3v) is 1.85. The molecule has 0 aromatic heterocycles. The second-order valence-corrected chi connectivity index (χ2v) is 2.71. The quantitative estimate of drug-likeness (QED) is 0.769. The molecule has 1 aromatic carbocycles. The summed E-state index contributed by atoms with van der Waals surface area (Å²) >= 11 is 0. The van der Waals surface area contributed by atoms with Gasteiger partial charge in [0.15, 0.2) is 0 Å². The van der Waals surface area contributed by atoms with Crippen molar-refractivity contribution in [3.05, 3.63) is 42.0 Å². The first kappa shape index (κ1) is 10.1. The zero-order valence-corrected chi connectivity index (χ0v) is 7.53. The molecule has 0 saturated heterocycles. The lowest BCUT2D eigenvalue weighted by molar-refractivity contribution is 0.0696. The number of phenols is 1. The molecule has 0 aliphatic carbocycles. The van der Waals surface area contributed by atoms with E-state index in [2.05, 4.69) is 13.2 Å². The van der Waals surface area contributed by atoms with Crippen LogP contribution >= 0.6 is 0 Å². The van der Waals surface area contributed by atoms with Crippen molar-refractivity contribution in [1.29, 1.82) is 0 Å². The molecule has 3 nitrogen and oxygen atoms in total. The minimum absolute atomic E-state index is 0.0231. The summed E-state index contributed by atoms with van der Waals surface area (Å²) in [7, 11) is 0. The van der Waals surface area contributed by atoms with Crippen LogP contribution in [0, 0.1) is 0 Å². The zero-order chi connectivity index (χ0) is 10.7. The SMILES string of the molecule is C=Cc1cc(O)cc(C(=O)O)c1C=C. The number of hydrogen-bond acceptors (Lipinski definition) is 2. The molecule has 0 fully saturated rings. The van der Waals surface area contributed by atoms with Crippen molar-refractivity contribution in [2.45, 2.75) is 0 Å². The van der Waals surface area contributed by atoms with E-state index in [0.717, 1.165) is 0 Å². The Balaban J connectivity index is 3.54. The van der Waals surface area contributed by atoms with Crippen molar-refractivity contribution in [3.8, 4) is 5.75 Å². The van der Waals surface area contributed by atoms with E-state index in [4.69, 9.17) is 5.11 Å². The van der Waals surface area contributed by atoms with Gasteiger partial charge in [-0.1, -0.05) is 25.3 Å². The van der Waals surface area contributed by atoms with Crippen LogP contribution in [0.4, 0.5) is 0 Å². The molecule has 0 unspecified atom stereocenters. The average molecular weight is 190 g/mol. The Labute approximate surface area is 81.6 Å². The van der Waals surface area contributed by atoms with E-state index in [9.17, 15) is 9.90 Å². The Kier molecular flexibility index (Phi) is 2.72. The first-order valence-electron chi connectivity index (χ1n) is 3.95. The van der Waals surface area contributed by atoms with Crippen molar-refractivity contribution in [2.24, 2.45) is 0 Å². The van der Waals surface area contributed by atoms with Crippen molar-refractivity contribution in [3.63, 3.8) is 0 Å². The van der Waals surface area contributed by atoms with E-state index in [-0.39, 0.29) is 11.3 Å². The lowest BCUT2D eigenvalue weighted by Gasteiger charge is -2.06. The molecule has 3 heteroatoms. The molecular weight excluding hydrogens is 180 g/mol. The molecule has 72 valence electrons. The number of aromatic carboxylic acids is 1. The van der Waals surface area contributed by atoms with Gasteiger partial charge in [0, 0.05) is 0 Å². The smallest absolute Gasteiger partial charge is 0.336 e. The first-order valence-corrected chi connectivity index (χ1v) is 3.95. The van der Waals surface area contributed by atoms with Gasteiger partial charge in [-0.15, -0.1) is 0 Å². The van der Waals surface area contributed by atoms with E-state index in [0.29, 0.717) is 11.1 Å². The van der Waals surface area contributed by atoms with Gasteiger partial charge in [0.1, 0.15) is 5.75 Å². The molecule has 1 aromatic rings. The van der Waals surface area contributed by atoms with Crippen LogP contribution in [0.15, 0.2) is 25.3 Å². The summed E-state index contributed by atoms with van der Waals surface area (Å²) in [6, 6.07) is 2.63. The fourth-order valence-corrected chi connectivity index (χ4v) is 1.23. The highest BCUT2D eigenvalue weighted by Crippen LogP contribution is 2.23. The fourth-order valence-electron chi connectivity index (χ4n) is 1.23.